The second kappa shape index (κ2) is 10.6. The molecular weight excluding hydrogens is 649 g/mol. The van der Waals surface area contributed by atoms with Crippen LogP contribution in [0.4, 0.5) is 0 Å². The van der Waals surface area contributed by atoms with Gasteiger partial charge < -0.3 is 18.6 Å². The van der Waals surface area contributed by atoms with Crippen molar-refractivity contribution in [3.8, 4) is 28.6 Å². The zero-order valence-corrected chi connectivity index (χ0v) is 28.8. The van der Waals surface area contributed by atoms with Gasteiger partial charge in [-0.3, -0.25) is 0 Å². The van der Waals surface area contributed by atoms with E-state index in [9.17, 15) is 0 Å². The fourth-order valence-electron chi connectivity index (χ4n) is 9.54. The third kappa shape index (κ3) is 3.79. The first-order chi connectivity index (χ1) is 26.3. The van der Waals surface area contributed by atoms with E-state index in [4.69, 9.17) is 9.47 Å². The largest absolute Gasteiger partial charge is 0.457 e. The summed E-state index contributed by atoms with van der Waals surface area (Å²) in [5.41, 5.74) is 10.7. The Morgan fingerprint density at radius 2 is 0.830 bits per heavy atom. The molecule has 53 heavy (non-hydrogen) atoms. The maximum absolute atomic E-state index is 6.90. The number of hydrogen-bond donors (Lipinski definition) is 0. The standard InChI is InChI=1S/C49H32N2O2/c1-7-19-41-33(13-1)34-14-2-8-20-42(34)50(41)31-25-27-47-39(29-31)49(37-17-5-11-23-45(37)52-47)38-18-6-12-24-46(38)53-48-28-26-32(30-40(48)49)51-43-21-9-3-15-35(43)36-16-4-10-22-44(36)51/h1-5,7-11,13-30H,6,12H2. The summed E-state index contributed by atoms with van der Waals surface area (Å²) in [6, 6.07) is 56.9. The number of rotatable bonds is 2. The Bertz CT molecular complexity index is 2980. The lowest BCUT2D eigenvalue weighted by Crippen LogP contribution is -2.40. The van der Waals surface area contributed by atoms with E-state index in [-0.39, 0.29) is 0 Å². The minimum Gasteiger partial charge on any atom is -0.457 e. The van der Waals surface area contributed by atoms with Gasteiger partial charge in [0, 0.05) is 55.2 Å². The van der Waals surface area contributed by atoms with Crippen LogP contribution in [0.5, 0.6) is 17.2 Å². The van der Waals surface area contributed by atoms with Crippen LogP contribution in [0.25, 0.3) is 55.0 Å². The summed E-state index contributed by atoms with van der Waals surface area (Å²) in [7, 11) is 0. The maximum atomic E-state index is 6.90. The Hall–Kier alpha value is -6.78. The van der Waals surface area contributed by atoms with E-state index >= 15 is 0 Å². The number of fused-ring (bicyclic) bond motifs is 14. The van der Waals surface area contributed by atoms with Gasteiger partial charge in [0.1, 0.15) is 23.0 Å². The molecule has 4 heterocycles. The molecule has 4 nitrogen and oxygen atoms in total. The van der Waals surface area contributed by atoms with Gasteiger partial charge in [0.2, 0.25) is 0 Å². The lowest BCUT2D eigenvalue weighted by Gasteiger charge is -2.47. The number of ether oxygens (including phenoxy) is 2. The van der Waals surface area contributed by atoms with Gasteiger partial charge in [-0.1, -0.05) is 97.1 Å². The summed E-state index contributed by atoms with van der Waals surface area (Å²) >= 11 is 0. The minimum absolute atomic E-state index is 0.701. The molecule has 2 aliphatic heterocycles. The van der Waals surface area contributed by atoms with Gasteiger partial charge in [0.25, 0.3) is 0 Å². The van der Waals surface area contributed by atoms with Gasteiger partial charge in [-0.2, -0.15) is 0 Å². The third-order valence-corrected chi connectivity index (χ3v) is 11.7. The quantitative estimate of drug-likeness (QED) is 0.182. The van der Waals surface area contributed by atoms with Crippen LogP contribution in [0, 0.1) is 0 Å². The van der Waals surface area contributed by atoms with Crippen molar-refractivity contribution in [3.63, 3.8) is 0 Å². The van der Waals surface area contributed by atoms with Gasteiger partial charge in [-0.05, 0) is 85.6 Å². The number of nitrogens with zero attached hydrogens (tertiary/aromatic N) is 2. The monoisotopic (exact) mass is 680 g/mol. The summed E-state index contributed by atoms with van der Waals surface area (Å²) in [6.45, 7) is 0. The molecule has 0 saturated carbocycles. The van der Waals surface area contributed by atoms with E-state index in [1.54, 1.807) is 0 Å². The molecule has 0 amide bonds. The Kier molecular flexibility index (Phi) is 5.79. The SMILES string of the molecule is C1=C2Oc3ccc(-n4c5ccccc5c5ccccc54)cc3C3(C2=CCC1)c1ccccc1Oc1ccc(-n2c4ccccc4c4ccccc42)cc13. The van der Waals surface area contributed by atoms with Crippen molar-refractivity contribution >= 4 is 43.6 Å². The van der Waals surface area contributed by atoms with Gasteiger partial charge in [-0.15, -0.1) is 0 Å². The molecule has 4 heteroatoms. The zero-order valence-electron chi connectivity index (χ0n) is 28.8. The lowest BCUT2D eigenvalue weighted by molar-refractivity contribution is 0.363. The molecule has 9 aromatic rings. The average molecular weight is 681 g/mol. The maximum Gasteiger partial charge on any atom is 0.132 e. The van der Waals surface area contributed by atoms with E-state index in [0.717, 1.165) is 63.9 Å². The van der Waals surface area contributed by atoms with E-state index in [2.05, 4.69) is 179 Å². The number of benzene rings is 7. The van der Waals surface area contributed by atoms with Crippen LogP contribution < -0.4 is 9.47 Å². The molecule has 1 aliphatic carbocycles. The van der Waals surface area contributed by atoms with Crippen molar-refractivity contribution in [3.05, 3.63) is 198 Å². The van der Waals surface area contributed by atoms with Crippen molar-refractivity contribution in [2.45, 2.75) is 18.3 Å². The zero-order chi connectivity index (χ0) is 34.7. The topological polar surface area (TPSA) is 28.3 Å². The molecule has 0 saturated heterocycles. The van der Waals surface area contributed by atoms with E-state index in [1.807, 2.05) is 0 Å². The van der Waals surface area contributed by atoms with E-state index in [1.165, 1.54) is 49.2 Å². The van der Waals surface area contributed by atoms with Crippen molar-refractivity contribution in [2.24, 2.45) is 0 Å². The second-order valence-electron chi connectivity index (χ2n) is 14.3. The summed E-state index contributed by atoms with van der Waals surface area (Å²) in [4.78, 5) is 0. The molecule has 0 fully saturated rings. The molecular formula is C49H32N2O2. The van der Waals surface area contributed by atoms with Crippen molar-refractivity contribution in [2.75, 3.05) is 0 Å². The first-order valence-electron chi connectivity index (χ1n) is 18.4. The normalized spacial score (nSPS) is 17.1. The van der Waals surface area contributed by atoms with Gasteiger partial charge in [-0.25, -0.2) is 0 Å². The van der Waals surface area contributed by atoms with E-state index < -0.39 is 5.41 Å². The molecule has 3 aliphatic rings. The number of hydrogen-bond acceptors (Lipinski definition) is 2. The molecule has 1 spiro atoms. The van der Waals surface area contributed by atoms with Crippen molar-refractivity contribution in [1.82, 2.24) is 9.13 Å². The fraction of sp³-hybridized carbons (Fsp3) is 0.0612. The van der Waals surface area contributed by atoms with Gasteiger partial charge in [0.15, 0.2) is 0 Å². The van der Waals surface area contributed by atoms with Gasteiger partial charge >= 0.3 is 0 Å². The van der Waals surface area contributed by atoms with E-state index in [0.29, 0.717) is 0 Å². The highest BCUT2D eigenvalue weighted by atomic mass is 16.5. The summed E-state index contributed by atoms with van der Waals surface area (Å²) < 4.78 is 18.6. The number of aromatic nitrogens is 2. The molecule has 0 radical (unpaired) electrons. The Morgan fingerprint density at radius 1 is 0.396 bits per heavy atom. The average Bonchev–Trinajstić information content (AvgIpc) is 3.74. The smallest absolute Gasteiger partial charge is 0.132 e. The lowest BCUT2D eigenvalue weighted by atomic mass is 9.60. The molecule has 0 N–H and O–H groups in total. The molecule has 2 aromatic heterocycles. The molecule has 0 bridgehead atoms. The molecule has 1 unspecified atom stereocenters. The van der Waals surface area contributed by atoms with Gasteiger partial charge in [0.05, 0.1) is 27.5 Å². The third-order valence-electron chi connectivity index (χ3n) is 11.7. The number of para-hydroxylation sites is 5. The first-order valence-corrected chi connectivity index (χ1v) is 18.4. The molecule has 7 aromatic carbocycles. The minimum atomic E-state index is -0.701. The van der Waals surface area contributed by atoms with Crippen LogP contribution in [0.3, 0.4) is 0 Å². The van der Waals surface area contributed by atoms with Crippen molar-refractivity contribution in [1.29, 1.82) is 0 Å². The van der Waals surface area contributed by atoms with Crippen LogP contribution >= 0.6 is 0 Å². The first kappa shape index (κ1) is 28.9. The van der Waals surface area contributed by atoms with Crippen LogP contribution in [-0.4, -0.2) is 9.13 Å². The Labute approximate surface area is 306 Å². The van der Waals surface area contributed by atoms with Crippen LogP contribution in [0.1, 0.15) is 29.5 Å². The Balaban J connectivity index is 1.20. The second-order valence-corrected chi connectivity index (χ2v) is 14.3. The highest BCUT2D eigenvalue weighted by Gasteiger charge is 2.52. The summed E-state index contributed by atoms with van der Waals surface area (Å²) in [5.74, 6) is 3.52. The Morgan fingerprint density at radius 3 is 1.38 bits per heavy atom. The fourth-order valence-corrected chi connectivity index (χ4v) is 9.54. The highest BCUT2D eigenvalue weighted by Crippen LogP contribution is 2.62. The highest BCUT2D eigenvalue weighted by molar-refractivity contribution is 6.10. The van der Waals surface area contributed by atoms with Crippen molar-refractivity contribution < 1.29 is 9.47 Å². The molecule has 250 valence electrons. The summed E-state index contributed by atoms with van der Waals surface area (Å²) in [6.07, 6.45) is 6.56. The van der Waals surface area contributed by atoms with Crippen LogP contribution in [-0.2, 0) is 5.41 Å². The van der Waals surface area contributed by atoms with Crippen LogP contribution in [0.15, 0.2) is 181 Å². The predicted molar refractivity (Wildman–Crippen MR) is 214 cm³/mol. The molecule has 12 rings (SSSR count). The number of allylic oxidation sites excluding steroid dienone is 3. The predicted octanol–water partition coefficient (Wildman–Crippen LogP) is 12.3. The van der Waals surface area contributed by atoms with Crippen LogP contribution in [0.2, 0.25) is 0 Å². The summed E-state index contributed by atoms with van der Waals surface area (Å²) in [5, 5.41) is 4.96. The molecule has 1 atom stereocenters.